The molecule has 12 nitrogen and oxygen atoms in total. The van der Waals surface area contributed by atoms with Crippen LogP contribution in [-0.4, -0.2) is 82.0 Å². The van der Waals surface area contributed by atoms with Crippen LogP contribution in [0.15, 0.2) is 106 Å². The Morgan fingerprint density at radius 3 is 2.11 bits per heavy atom. The summed E-state index contributed by atoms with van der Waals surface area (Å²) in [5.74, 6) is -1.66. The van der Waals surface area contributed by atoms with E-state index in [1.54, 1.807) is 41.5 Å². The average Bonchev–Trinajstić information content (AvgIpc) is 3.94. The summed E-state index contributed by atoms with van der Waals surface area (Å²) in [4.78, 5) is 57.2. The lowest BCUT2D eigenvalue weighted by Crippen LogP contribution is -2.43. The van der Waals surface area contributed by atoms with Crippen LogP contribution in [0.3, 0.4) is 0 Å². The number of hydrogen-bond donors (Lipinski definition) is 2. The Balaban J connectivity index is 1.42. The number of ether oxygens (including phenoxy) is 3. The van der Waals surface area contributed by atoms with Gasteiger partial charge < -0.3 is 29.5 Å². The summed E-state index contributed by atoms with van der Waals surface area (Å²) in [5.41, 5.74) is 11.9. The summed E-state index contributed by atoms with van der Waals surface area (Å²) in [6, 6.07) is 0. The number of aliphatic imine (C=N–C) groups is 3. The zero-order valence-electron chi connectivity index (χ0n) is 39.9. The minimum atomic E-state index is -0.772. The highest BCUT2D eigenvalue weighted by Gasteiger charge is 2.42. The Morgan fingerprint density at radius 2 is 1.49 bits per heavy atom. The van der Waals surface area contributed by atoms with Crippen molar-refractivity contribution < 1.29 is 33.7 Å². The Morgan fingerprint density at radius 1 is 0.857 bits per heavy atom. The van der Waals surface area contributed by atoms with Gasteiger partial charge in [0.1, 0.15) is 30.1 Å². The maximum atomic E-state index is 14.2. The molecule has 1 aliphatic carbocycles. The number of nitrogens with zero attached hydrogens (tertiary/aromatic N) is 4. The first-order valence-corrected chi connectivity index (χ1v) is 22.9. The summed E-state index contributed by atoms with van der Waals surface area (Å²) in [6.45, 7) is 25.2. The van der Waals surface area contributed by atoms with Crippen molar-refractivity contribution in [3.05, 3.63) is 91.5 Å². The Bertz CT molecular complexity index is 2260. The van der Waals surface area contributed by atoms with Gasteiger partial charge in [-0.2, -0.15) is 0 Å². The molecule has 2 N–H and O–H groups in total. The molecule has 0 spiro atoms. The van der Waals surface area contributed by atoms with Crippen LogP contribution < -0.4 is 5.32 Å². The summed E-state index contributed by atoms with van der Waals surface area (Å²) in [6.07, 6.45) is 12.0. The third-order valence-corrected chi connectivity index (χ3v) is 12.4. The minimum Gasteiger partial charge on any atom is -0.511 e. The van der Waals surface area contributed by atoms with Crippen LogP contribution in [-0.2, 0) is 28.6 Å². The second-order valence-electron chi connectivity index (χ2n) is 19.6. The van der Waals surface area contributed by atoms with Gasteiger partial charge in [-0.25, -0.2) is 15.0 Å². The van der Waals surface area contributed by atoms with E-state index >= 15 is 0 Å². The molecule has 0 aromatic carbocycles. The molecule has 8 bridgehead atoms. The monoisotopic (exact) mass is 864 g/mol. The van der Waals surface area contributed by atoms with Gasteiger partial charge in [-0.15, -0.1) is 0 Å². The summed E-state index contributed by atoms with van der Waals surface area (Å²) in [5, 5.41) is 15.4. The maximum absolute atomic E-state index is 14.2. The predicted octanol–water partition coefficient (Wildman–Crippen LogP) is 9.94. The zero-order chi connectivity index (χ0) is 46.1. The van der Waals surface area contributed by atoms with Crippen LogP contribution in [0, 0.1) is 11.8 Å². The van der Waals surface area contributed by atoms with Gasteiger partial charge in [0.2, 0.25) is 5.91 Å². The number of fused-ring (bicyclic) bond motifs is 5. The van der Waals surface area contributed by atoms with Crippen LogP contribution in [0.4, 0.5) is 0 Å². The fourth-order valence-corrected chi connectivity index (χ4v) is 9.24. The maximum Gasteiger partial charge on any atom is 0.326 e. The molecule has 1 amide bonds. The van der Waals surface area contributed by atoms with Gasteiger partial charge in [-0.05, 0) is 129 Å². The summed E-state index contributed by atoms with van der Waals surface area (Å²) in [7, 11) is 0. The predicted molar refractivity (Wildman–Crippen MR) is 249 cm³/mol. The highest BCUT2D eigenvalue weighted by molar-refractivity contribution is 6.21. The number of hydrogen-bond acceptors (Lipinski definition) is 11. The van der Waals surface area contributed by atoms with Crippen molar-refractivity contribution >= 4 is 35.0 Å². The number of amides is 1. The molecule has 6 rings (SSSR count). The molecule has 12 heteroatoms. The van der Waals surface area contributed by atoms with E-state index in [1.165, 1.54) is 11.3 Å². The van der Waals surface area contributed by atoms with Gasteiger partial charge >= 0.3 is 11.9 Å². The van der Waals surface area contributed by atoms with Gasteiger partial charge in [0.05, 0.1) is 40.3 Å². The molecule has 1 saturated heterocycles. The number of esters is 2. The van der Waals surface area contributed by atoms with Crippen molar-refractivity contribution in [2.75, 3.05) is 19.7 Å². The number of aliphatic hydroxyl groups is 1. The molecule has 0 aromatic rings. The van der Waals surface area contributed by atoms with Gasteiger partial charge in [-0.1, -0.05) is 40.0 Å². The topological polar surface area (TPSA) is 151 Å². The normalized spacial score (nSPS) is 21.3. The fourth-order valence-electron chi connectivity index (χ4n) is 9.24. The first kappa shape index (κ1) is 47.4. The van der Waals surface area contributed by atoms with Crippen LogP contribution >= 0.6 is 0 Å². The Kier molecular flexibility index (Phi) is 14.2. The van der Waals surface area contributed by atoms with E-state index in [-0.39, 0.29) is 42.4 Å². The number of allylic oxidation sites excluding steroid dienone is 11. The van der Waals surface area contributed by atoms with Crippen molar-refractivity contribution in [2.45, 2.75) is 159 Å². The smallest absolute Gasteiger partial charge is 0.326 e. The van der Waals surface area contributed by atoms with Gasteiger partial charge in [-0.3, -0.25) is 14.4 Å². The molecule has 3 atom stereocenters. The zero-order valence-corrected chi connectivity index (χ0v) is 39.9. The van der Waals surface area contributed by atoms with Gasteiger partial charge in [0.15, 0.2) is 0 Å². The SMILES string of the molecule is CCCCCCOC(C)C1=C(C)C2=NC1=CC1=NC(=CC3=C(C)C4=C(O)CC(=C5NC(=C2)C(C)[C@@H]5CCC(=O)N(CC(=O)OC(C)(C)C)CC(=O)OC(C)(C)C)C4=N3)C(CC)=C1C. The van der Waals surface area contributed by atoms with Crippen molar-refractivity contribution in [1.29, 1.82) is 0 Å². The summed E-state index contributed by atoms with van der Waals surface area (Å²) >= 11 is 0. The van der Waals surface area contributed by atoms with Crippen molar-refractivity contribution in [3.63, 3.8) is 0 Å². The fraction of sp³-hybridized carbons (Fsp3) is 0.569. The quantitative estimate of drug-likeness (QED) is 0.122. The highest BCUT2D eigenvalue weighted by Crippen LogP contribution is 2.46. The number of carbonyl (C=O) groups excluding carboxylic acids is 3. The molecule has 0 saturated carbocycles. The Labute approximate surface area is 374 Å². The largest absolute Gasteiger partial charge is 0.511 e. The van der Waals surface area contributed by atoms with Crippen molar-refractivity contribution in [2.24, 2.45) is 26.8 Å². The van der Waals surface area contributed by atoms with Crippen molar-refractivity contribution in [1.82, 2.24) is 10.2 Å². The van der Waals surface area contributed by atoms with E-state index in [2.05, 4.69) is 59.0 Å². The van der Waals surface area contributed by atoms with Crippen LogP contribution in [0.5, 0.6) is 0 Å². The molecule has 2 unspecified atom stereocenters. The number of nitrogens with one attached hydrogen (secondary N) is 1. The number of unbranched alkanes of at least 4 members (excludes halogenated alkanes) is 3. The number of rotatable bonds is 15. The lowest BCUT2D eigenvalue weighted by atomic mass is 9.86. The standard InChI is InChI=1S/C51H69N5O7/c1-14-16-17-18-21-61-32(7)46-30(5)38-23-37-29(4)34(19-20-43(58)56(26-44(59)62-50(8,9)10)27-45(60)63-51(11,12)13)48(54-37)35-22-42(57)47-31(6)39(55-49(35)47)24-40-33(15-2)28(3)36(52-40)25-41(46)53-38/h23-25,29,32,34,54,57H,14-22,26-27H2,1-13H3/t29?,32?,34-/m0/s1. The molecule has 1 fully saturated rings. The lowest BCUT2D eigenvalue weighted by molar-refractivity contribution is -0.163. The van der Waals surface area contributed by atoms with Crippen LogP contribution in [0.2, 0.25) is 0 Å². The molecule has 340 valence electrons. The molecule has 6 aliphatic rings. The molecule has 63 heavy (non-hydrogen) atoms. The minimum absolute atomic E-state index is 0.0370. The molecule has 0 aromatic heterocycles. The highest BCUT2D eigenvalue weighted by atomic mass is 16.6. The molecular formula is C51H69N5O7. The molecule has 5 heterocycles. The van der Waals surface area contributed by atoms with E-state index in [9.17, 15) is 19.5 Å². The van der Waals surface area contributed by atoms with E-state index in [1.807, 2.05) is 13.0 Å². The third kappa shape index (κ3) is 10.6. The first-order valence-electron chi connectivity index (χ1n) is 22.9. The van der Waals surface area contributed by atoms with E-state index < -0.39 is 36.2 Å². The molecule has 0 radical (unpaired) electrons. The van der Waals surface area contributed by atoms with Crippen LogP contribution in [0.1, 0.15) is 141 Å². The van der Waals surface area contributed by atoms with E-state index in [4.69, 9.17) is 29.2 Å². The van der Waals surface area contributed by atoms with E-state index in [0.29, 0.717) is 13.0 Å². The molecule has 5 aliphatic heterocycles. The Hall–Kier alpha value is -5.10. The summed E-state index contributed by atoms with van der Waals surface area (Å²) < 4.78 is 17.6. The number of aliphatic hydroxyl groups excluding tert-OH is 1. The van der Waals surface area contributed by atoms with Gasteiger partial charge in [0, 0.05) is 59.4 Å². The van der Waals surface area contributed by atoms with Gasteiger partial charge in [0.25, 0.3) is 0 Å². The molecular weight excluding hydrogens is 795 g/mol. The third-order valence-electron chi connectivity index (χ3n) is 12.4. The van der Waals surface area contributed by atoms with Crippen molar-refractivity contribution in [3.8, 4) is 0 Å². The number of carbonyl (C=O) groups is 3. The average molecular weight is 864 g/mol. The first-order chi connectivity index (χ1) is 29.6. The second kappa shape index (κ2) is 18.9. The lowest BCUT2D eigenvalue weighted by Gasteiger charge is -2.27. The van der Waals surface area contributed by atoms with Crippen LogP contribution in [0.25, 0.3) is 0 Å². The van der Waals surface area contributed by atoms with E-state index in [0.717, 1.165) is 110 Å². The second-order valence-corrected chi connectivity index (χ2v) is 19.6.